The van der Waals surface area contributed by atoms with Crippen molar-refractivity contribution in [3.05, 3.63) is 81.0 Å². The summed E-state index contributed by atoms with van der Waals surface area (Å²) in [5, 5.41) is 12.3. The molecule has 0 aliphatic rings. The number of aromatic nitrogens is 1. The molecule has 0 saturated carbocycles. The summed E-state index contributed by atoms with van der Waals surface area (Å²) in [7, 11) is 0. The summed E-state index contributed by atoms with van der Waals surface area (Å²) in [6.07, 6.45) is 3.42. The molecule has 0 atom stereocenters. The Morgan fingerprint density at radius 2 is 1.68 bits per heavy atom. The lowest BCUT2D eigenvalue weighted by molar-refractivity contribution is -0.385. The molecule has 22 heavy (non-hydrogen) atoms. The molecule has 108 valence electrons. The van der Waals surface area contributed by atoms with Crippen LogP contribution in [-0.2, 0) is 0 Å². The van der Waals surface area contributed by atoms with Gasteiger partial charge in [0.25, 0.3) is 5.69 Å². The van der Waals surface area contributed by atoms with Gasteiger partial charge in [-0.1, -0.05) is 48.0 Å². The van der Waals surface area contributed by atoms with Gasteiger partial charge < -0.3 is 0 Å². The van der Waals surface area contributed by atoms with Crippen LogP contribution in [0.2, 0.25) is 5.15 Å². The Kier molecular flexibility index (Phi) is 3.85. The molecular weight excluding hydrogens is 300 g/mol. The van der Waals surface area contributed by atoms with E-state index >= 15 is 0 Å². The third kappa shape index (κ3) is 2.82. The molecule has 5 heteroatoms. The monoisotopic (exact) mass is 310 g/mol. The molecule has 0 unspecified atom stereocenters. The molecule has 4 nitrogen and oxygen atoms in total. The Balaban J connectivity index is 2.03. The van der Waals surface area contributed by atoms with E-state index in [1.807, 2.05) is 30.3 Å². The third-order valence-electron chi connectivity index (χ3n) is 3.28. The third-order valence-corrected chi connectivity index (χ3v) is 3.58. The summed E-state index contributed by atoms with van der Waals surface area (Å²) < 4.78 is 0. The van der Waals surface area contributed by atoms with Crippen LogP contribution >= 0.6 is 11.6 Å². The second-order valence-corrected chi connectivity index (χ2v) is 5.07. The SMILES string of the molecule is O=[N+]([O-])c1ccccc1/C=C/c1cc2ccccc2nc1Cl. The topological polar surface area (TPSA) is 56.0 Å². The molecule has 0 saturated heterocycles. The summed E-state index contributed by atoms with van der Waals surface area (Å²) in [6, 6.07) is 16.1. The van der Waals surface area contributed by atoms with E-state index in [-0.39, 0.29) is 5.69 Å². The van der Waals surface area contributed by atoms with Gasteiger partial charge in [-0.15, -0.1) is 0 Å². The second-order valence-electron chi connectivity index (χ2n) is 4.71. The van der Waals surface area contributed by atoms with Crippen molar-refractivity contribution >= 4 is 40.3 Å². The van der Waals surface area contributed by atoms with Crippen LogP contribution in [0.3, 0.4) is 0 Å². The summed E-state index contributed by atoms with van der Waals surface area (Å²) in [4.78, 5) is 14.9. The second kappa shape index (κ2) is 5.95. The molecule has 0 N–H and O–H groups in total. The summed E-state index contributed by atoms with van der Waals surface area (Å²) in [6.45, 7) is 0. The first-order valence-corrected chi connectivity index (χ1v) is 7.00. The van der Waals surface area contributed by atoms with Crippen LogP contribution in [0.1, 0.15) is 11.1 Å². The van der Waals surface area contributed by atoms with Gasteiger partial charge in [0, 0.05) is 17.0 Å². The van der Waals surface area contributed by atoms with E-state index in [1.54, 1.807) is 30.4 Å². The minimum absolute atomic E-state index is 0.0589. The molecule has 1 heterocycles. The Hall–Kier alpha value is -2.72. The molecule has 2 aromatic carbocycles. The predicted molar refractivity (Wildman–Crippen MR) is 88.8 cm³/mol. The standard InChI is InChI=1S/C17H11ClN2O2/c18-17-14(11-13-6-1-3-7-15(13)19-17)10-9-12-5-2-4-8-16(12)20(21)22/h1-11H/b10-9+. The number of rotatable bonds is 3. The minimum atomic E-state index is -0.403. The number of fused-ring (bicyclic) bond motifs is 1. The fourth-order valence-electron chi connectivity index (χ4n) is 2.20. The summed E-state index contributed by atoms with van der Waals surface area (Å²) in [5.74, 6) is 0. The van der Waals surface area contributed by atoms with Gasteiger partial charge in [0.1, 0.15) is 5.15 Å². The fourth-order valence-corrected chi connectivity index (χ4v) is 2.41. The first kappa shape index (κ1) is 14.2. The molecule has 0 aliphatic carbocycles. The van der Waals surface area contributed by atoms with Crippen molar-refractivity contribution in [1.29, 1.82) is 0 Å². The van der Waals surface area contributed by atoms with Crippen LogP contribution in [0.15, 0.2) is 54.6 Å². The highest BCUT2D eigenvalue weighted by atomic mass is 35.5. The zero-order chi connectivity index (χ0) is 15.5. The number of nitrogens with zero attached hydrogens (tertiary/aromatic N) is 2. The Morgan fingerprint density at radius 1 is 1.00 bits per heavy atom. The van der Waals surface area contributed by atoms with Crippen LogP contribution in [0, 0.1) is 10.1 Å². The average Bonchev–Trinajstić information content (AvgIpc) is 2.53. The van der Waals surface area contributed by atoms with Gasteiger partial charge in [-0.25, -0.2) is 4.98 Å². The zero-order valence-electron chi connectivity index (χ0n) is 11.4. The molecular formula is C17H11ClN2O2. The maximum atomic E-state index is 11.0. The predicted octanol–water partition coefficient (Wildman–Crippen LogP) is 4.97. The lowest BCUT2D eigenvalue weighted by Gasteiger charge is -2.02. The van der Waals surface area contributed by atoms with Crippen molar-refractivity contribution in [3.8, 4) is 0 Å². The van der Waals surface area contributed by atoms with Gasteiger partial charge in [0.05, 0.1) is 16.0 Å². The zero-order valence-corrected chi connectivity index (χ0v) is 12.2. The molecule has 0 amide bonds. The van der Waals surface area contributed by atoms with Crippen molar-refractivity contribution in [2.45, 2.75) is 0 Å². The highest BCUT2D eigenvalue weighted by molar-refractivity contribution is 6.31. The van der Waals surface area contributed by atoms with E-state index < -0.39 is 4.92 Å². The highest BCUT2D eigenvalue weighted by Crippen LogP contribution is 2.24. The number of hydrogen-bond donors (Lipinski definition) is 0. The smallest absolute Gasteiger partial charge is 0.258 e. The van der Waals surface area contributed by atoms with Crippen LogP contribution in [0.4, 0.5) is 5.69 Å². The van der Waals surface area contributed by atoms with Gasteiger partial charge >= 0.3 is 0 Å². The number of para-hydroxylation sites is 2. The van der Waals surface area contributed by atoms with E-state index in [1.165, 1.54) is 6.07 Å². The number of halogens is 1. The molecule has 3 rings (SSSR count). The number of benzene rings is 2. The summed E-state index contributed by atoms with van der Waals surface area (Å²) >= 11 is 6.18. The first-order chi connectivity index (χ1) is 10.6. The Morgan fingerprint density at radius 3 is 2.50 bits per heavy atom. The highest BCUT2D eigenvalue weighted by Gasteiger charge is 2.09. The van der Waals surface area contributed by atoms with Gasteiger partial charge in [-0.2, -0.15) is 0 Å². The van der Waals surface area contributed by atoms with Crippen LogP contribution in [-0.4, -0.2) is 9.91 Å². The largest absolute Gasteiger partial charge is 0.276 e. The van der Waals surface area contributed by atoms with Gasteiger partial charge in [-0.05, 0) is 24.3 Å². The van der Waals surface area contributed by atoms with Crippen molar-refractivity contribution < 1.29 is 4.92 Å². The summed E-state index contributed by atoms with van der Waals surface area (Å²) in [5.41, 5.74) is 2.12. The van der Waals surface area contributed by atoms with Crippen molar-refractivity contribution in [2.24, 2.45) is 0 Å². The van der Waals surface area contributed by atoms with Crippen molar-refractivity contribution in [3.63, 3.8) is 0 Å². The van der Waals surface area contributed by atoms with Gasteiger partial charge in [-0.3, -0.25) is 10.1 Å². The van der Waals surface area contributed by atoms with Gasteiger partial charge in [0.2, 0.25) is 0 Å². The maximum Gasteiger partial charge on any atom is 0.276 e. The van der Waals surface area contributed by atoms with Crippen LogP contribution < -0.4 is 0 Å². The average molecular weight is 311 g/mol. The number of hydrogen-bond acceptors (Lipinski definition) is 3. The van der Waals surface area contributed by atoms with Crippen molar-refractivity contribution in [1.82, 2.24) is 4.98 Å². The molecule has 0 bridgehead atoms. The molecule has 0 radical (unpaired) electrons. The first-order valence-electron chi connectivity index (χ1n) is 6.62. The Bertz CT molecular complexity index is 891. The van der Waals surface area contributed by atoms with E-state index in [4.69, 9.17) is 11.6 Å². The normalized spacial score (nSPS) is 11.1. The lowest BCUT2D eigenvalue weighted by Crippen LogP contribution is -1.90. The van der Waals surface area contributed by atoms with E-state index in [0.717, 1.165) is 16.5 Å². The minimum Gasteiger partial charge on any atom is -0.258 e. The van der Waals surface area contributed by atoms with Crippen LogP contribution in [0.25, 0.3) is 23.1 Å². The molecule has 0 spiro atoms. The van der Waals surface area contributed by atoms with Crippen molar-refractivity contribution in [2.75, 3.05) is 0 Å². The maximum absolute atomic E-state index is 11.0. The Labute approximate surface area is 131 Å². The quantitative estimate of drug-likeness (QED) is 0.390. The van der Waals surface area contributed by atoms with Gasteiger partial charge in [0.15, 0.2) is 0 Å². The molecule has 0 fully saturated rings. The number of pyridine rings is 1. The molecule has 0 aliphatic heterocycles. The van der Waals surface area contributed by atoms with E-state index in [0.29, 0.717) is 10.7 Å². The molecule has 3 aromatic rings. The van der Waals surface area contributed by atoms with E-state index in [9.17, 15) is 10.1 Å². The van der Waals surface area contributed by atoms with Crippen LogP contribution in [0.5, 0.6) is 0 Å². The lowest BCUT2D eigenvalue weighted by atomic mass is 10.1. The van der Waals surface area contributed by atoms with E-state index in [2.05, 4.69) is 4.98 Å². The fraction of sp³-hybridized carbons (Fsp3) is 0. The number of nitro benzene ring substituents is 1. The number of nitro groups is 1. The molecule has 1 aromatic heterocycles.